The molecule has 0 saturated carbocycles. The van der Waals surface area contributed by atoms with Gasteiger partial charge in [-0.05, 0) is 25.0 Å². The molecule has 1 N–H and O–H groups in total. The Morgan fingerprint density at radius 2 is 1.96 bits per heavy atom. The van der Waals surface area contributed by atoms with E-state index in [4.69, 9.17) is 21.1 Å². The van der Waals surface area contributed by atoms with Crippen LogP contribution in [-0.4, -0.2) is 21.0 Å². The van der Waals surface area contributed by atoms with Gasteiger partial charge in [0.25, 0.3) is 0 Å². The highest BCUT2D eigenvalue weighted by molar-refractivity contribution is 6.34. The number of fused-ring (bicyclic) bond motifs is 3. The predicted octanol–water partition coefficient (Wildman–Crippen LogP) is 5.16. The van der Waals surface area contributed by atoms with Gasteiger partial charge in [-0.15, -0.1) is 0 Å². The van der Waals surface area contributed by atoms with E-state index in [2.05, 4.69) is 9.97 Å². The third kappa shape index (κ3) is 3.71. The standard InChI is InChI=1S/C17H15ClF2N2O3/c18-15-14-13(10-6-3-4-7-11(10)25-14)21-16(22-15)17(19,20)9-5-1-2-8-12(23)24/h3-4,6-7H,1-2,5,8-9H2,(H,23,24). The van der Waals surface area contributed by atoms with Crippen molar-refractivity contribution in [3.8, 4) is 0 Å². The molecule has 1 aromatic carbocycles. The smallest absolute Gasteiger partial charge is 0.306 e. The number of alkyl halides is 2. The highest BCUT2D eigenvalue weighted by Gasteiger charge is 2.35. The van der Waals surface area contributed by atoms with Crippen molar-refractivity contribution in [2.45, 2.75) is 38.0 Å². The minimum atomic E-state index is -3.25. The van der Waals surface area contributed by atoms with Crippen molar-refractivity contribution in [3.05, 3.63) is 35.2 Å². The molecule has 8 heteroatoms. The summed E-state index contributed by atoms with van der Waals surface area (Å²) in [5.41, 5.74) is 0.947. The maximum atomic E-state index is 14.4. The van der Waals surface area contributed by atoms with E-state index in [1.54, 1.807) is 24.3 Å². The molecular formula is C17H15ClF2N2O3. The number of benzene rings is 1. The fourth-order valence-electron chi connectivity index (χ4n) is 2.63. The summed E-state index contributed by atoms with van der Waals surface area (Å²) >= 11 is 6.01. The number of carbonyl (C=O) groups is 1. The van der Waals surface area contributed by atoms with Gasteiger partial charge < -0.3 is 9.52 Å². The van der Waals surface area contributed by atoms with Gasteiger partial charge in [0, 0.05) is 18.2 Å². The molecule has 0 aliphatic rings. The fourth-order valence-corrected chi connectivity index (χ4v) is 2.84. The molecule has 3 rings (SSSR count). The quantitative estimate of drug-likeness (QED) is 0.460. The van der Waals surface area contributed by atoms with E-state index in [-0.39, 0.29) is 29.1 Å². The molecule has 0 saturated heterocycles. The van der Waals surface area contributed by atoms with E-state index in [1.807, 2.05) is 0 Å². The van der Waals surface area contributed by atoms with Gasteiger partial charge in [-0.3, -0.25) is 4.79 Å². The summed E-state index contributed by atoms with van der Waals surface area (Å²) in [6.07, 6.45) is 0.432. The molecule has 0 aliphatic heterocycles. The predicted molar refractivity (Wildman–Crippen MR) is 88.9 cm³/mol. The Labute approximate surface area is 146 Å². The minimum Gasteiger partial charge on any atom is -0.481 e. The van der Waals surface area contributed by atoms with Gasteiger partial charge in [-0.1, -0.05) is 30.2 Å². The van der Waals surface area contributed by atoms with Crippen molar-refractivity contribution < 1.29 is 23.1 Å². The van der Waals surface area contributed by atoms with E-state index in [0.29, 0.717) is 23.8 Å². The molecule has 3 aromatic rings. The van der Waals surface area contributed by atoms with Crippen LogP contribution in [-0.2, 0) is 10.7 Å². The molecule has 0 radical (unpaired) electrons. The number of hydrogen-bond acceptors (Lipinski definition) is 4. The lowest BCUT2D eigenvalue weighted by Gasteiger charge is -2.14. The van der Waals surface area contributed by atoms with Crippen LogP contribution in [0.3, 0.4) is 0 Å². The summed E-state index contributed by atoms with van der Waals surface area (Å²) in [7, 11) is 0. The number of hydrogen-bond donors (Lipinski definition) is 1. The van der Waals surface area contributed by atoms with Crippen LogP contribution in [0, 0.1) is 0 Å². The highest BCUT2D eigenvalue weighted by Crippen LogP contribution is 2.36. The van der Waals surface area contributed by atoms with E-state index in [1.165, 1.54) is 0 Å². The average Bonchev–Trinajstić information content (AvgIpc) is 2.94. The van der Waals surface area contributed by atoms with Gasteiger partial charge in [-0.25, -0.2) is 9.97 Å². The second kappa shape index (κ2) is 6.92. The van der Waals surface area contributed by atoms with Crippen LogP contribution in [0.4, 0.5) is 8.78 Å². The first-order valence-corrected chi connectivity index (χ1v) is 8.21. The first-order valence-electron chi connectivity index (χ1n) is 7.83. The molecule has 0 bridgehead atoms. The van der Waals surface area contributed by atoms with E-state index in [0.717, 1.165) is 0 Å². The number of carboxylic acids is 1. The van der Waals surface area contributed by atoms with Gasteiger partial charge in [0.1, 0.15) is 11.1 Å². The number of aromatic nitrogens is 2. The highest BCUT2D eigenvalue weighted by atomic mass is 35.5. The summed E-state index contributed by atoms with van der Waals surface area (Å²) < 4.78 is 34.4. The number of unbranched alkanes of at least 4 members (excludes halogenated alkanes) is 2. The number of halogens is 3. The normalized spacial score (nSPS) is 12.1. The second-order valence-electron chi connectivity index (χ2n) is 5.77. The molecule has 0 aliphatic carbocycles. The van der Waals surface area contributed by atoms with E-state index < -0.39 is 24.1 Å². The van der Waals surface area contributed by atoms with Crippen molar-refractivity contribution in [1.82, 2.24) is 9.97 Å². The molecule has 0 amide bonds. The Balaban J connectivity index is 1.84. The van der Waals surface area contributed by atoms with Crippen LogP contribution in [0.5, 0.6) is 0 Å². The molecule has 25 heavy (non-hydrogen) atoms. The molecule has 5 nitrogen and oxygen atoms in total. The fraction of sp³-hybridized carbons (Fsp3) is 0.353. The van der Waals surface area contributed by atoms with Crippen LogP contribution >= 0.6 is 11.6 Å². The molecule has 132 valence electrons. The summed E-state index contributed by atoms with van der Waals surface area (Å²) in [4.78, 5) is 18.1. The Kier molecular flexibility index (Phi) is 4.85. The van der Waals surface area contributed by atoms with Crippen LogP contribution in [0.2, 0.25) is 5.15 Å². The Morgan fingerprint density at radius 1 is 1.20 bits per heavy atom. The van der Waals surface area contributed by atoms with Crippen LogP contribution in [0.1, 0.15) is 37.9 Å². The zero-order valence-electron chi connectivity index (χ0n) is 13.1. The number of carboxylic acid groups (broad SMARTS) is 1. The summed E-state index contributed by atoms with van der Waals surface area (Å²) in [6.45, 7) is 0. The lowest BCUT2D eigenvalue weighted by atomic mass is 10.1. The van der Waals surface area contributed by atoms with Crippen molar-refractivity contribution in [2.24, 2.45) is 0 Å². The average molecular weight is 369 g/mol. The van der Waals surface area contributed by atoms with Gasteiger partial charge in [0.2, 0.25) is 5.82 Å². The van der Waals surface area contributed by atoms with Gasteiger partial charge >= 0.3 is 11.9 Å². The van der Waals surface area contributed by atoms with Crippen molar-refractivity contribution in [1.29, 1.82) is 0 Å². The van der Waals surface area contributed by atoms with Crippen LogP contribution in [0.15, 0.2) is 28.7 Å². The first kappa shape index (κ1) is 17.5. The second-order valence-corrected chi connectivity index (χ2v) is 6.13. The van der Waals surface area contributed by atoms with Crippen molar-refractivity contribution in [2.75, 3.05) is 0 Å². The largest absolute Gasteiger partial charge is 0.481 e. The number of aliphatic carboxylic acids is 1. The van der Waals surface area contributed by atoms with Gasteiger partial charge in [0.15, 0.2) is 10.7 Å². The third-order valence-electron chi connectivity index (χ3n) is 3.89. The van der Waals surface area contributed by atoms with Crippen molar-refractivity contribution in [3.63, 3.8) is 0 Å². The zero-order valence-corrected chi connectivity index (χ0v) is 13.9. The molecule has 2 aromatic heterocycles. The Morgan fingerprint density at radius 3 is 2.72 bits per heavy atom. The van der Waals surface area contributed by atoms with Gasteiger partial charge in [-0.2, -0.15) is 8.78 Å². The maximum Gasteiger partial charge on any atom is 0.306 e. The first-order chi connectivity index (χ1) is 11.9. The summed E-state index contributed by atoms with van der Waals surface area (Å²) in [5.74, 6) is -4.83. The summed E-state index contributed by atoms with van der Waals surface area (Å²) in [6, 6.07) is 6.94. The van der Waals surface area contributed by atoms with E-state index in [9.17, 15) is 13.6 Å². The molecular weight excluding hydrogens is 354 g/mol. The Bertz CT molecular complexity index is 927. The van der Waals surface area contributed by atoms with Crippen molar-refractivity contribution >= 4 is 39.6 Å². The molecule has 0 atom stereocenters. The van der Waals surface area contributed by atoms with Crippen LogP contribution in [0.25, 0.3) is 22.1 Å². The molecule has 0 unspecified atom stereocenters. The number of para-hydroxylation sites is 1. The van der Waals surface area contributed by atoms with Crippen LogP contribution < -0.4 is 0 Å². The number of nitrogens with zero attached hydrogens (tertiary/aromatic N) is 2. The van der Waals surface area contributed by atoms with Gasteiger partial charge in [0.05, 0.1) is 0 Å². The topological polar surface area (TPSA) is 76.2 Å². The molecule has 0 fully saturated rings. The minimum absolute atomic E-state index is 0.0269. The number of rotatable bonds is 7. The summed E-state index contributed by atoms with van der Waals surface area (Å²) in [5, 5.41) is 9.00. The molecule has 0 spiro atoms. The SMILES string of the molecule is O=C(O)CCCCCC(F)(F)c1nc(Cl)c2oc3ccccc3c2n1. The lowest BCUT2D eigenvalue weighted by Crippen LogP contribution is -2.17. The third-order valence-corrected chi connectivity index (χ3v) is 4.14. The Hall–Kier alpha value is -2.28. The maximum absolute atomic E-state index is 14.4. The number of furan rings is 1. The molecule has 2 heterocycles. The lowest BCUT2D eigenvalue weighted by molar-refractivity contribution is -0.137. The van der Waals surface area contributed by atoms with E-state index >= 15 is 0 Å². The zero-order chi connectivity index (χ0) is 18.0. The monoisotopic (exact) mass is 368 g/mol.